The van der Waals surface area contributed by atoms with Crippen LogP contribution < -0.4 is 0 Å². The maximum Gasteiger partial charge on any atom is 0.416 e. The summed E-state index contributed by atoms with van der Waals surface area (Å²) in [5.74, 6) is -1.37. The van der Waals surface area contributed by atoms with E-state index in [4.69, 9.17) is 4.74 Å². The van der Waals surface area contributed by atoms with Crippen LogP contribution in [0.25, 0.3) is 0 Å². The lowest BCUT2D eigenvalue weighted by atomic mass is 9.84. The molecular weight excluding hydrogens is 464 g/mol. The Morgan fingerprint density at radius 3 is 1.97 bits per heavy atom. The molecule has 10 heteroatoms. The van der Waals surface area contributed by atoms with Crippen LogP contribution in [0.2, 0.25) is 0 Å². The maximum atomic E-state index is 13.5. The molecule has 4 nitrogen and oxygen atoms in total. The molecule has 0 saturated carbocycles. The monoisotopic (exact) mass is 485 g/mol. The Bertz CT molecular complexity index is 1070. The molecule has 2 aromatic carbocycles. The lowest BCUT2D eigenvalue weighted by Gasteiger charge is -2.40. The van der Waals surface area contributed by atoms with Gasteiger partial charge in [-0.25, -0.2) is 4.79 Å². The van der Waals surface area contributed by atoms with Crippen molar-refractivity contribution in [3.05, 3.63) is 82.9 Å². The molecule has 182 valence electrons. The summed E-state index contributed by atoms with van der Waals surface area (Å²) in [7, 11) is 1.71. The van der Waals surface area contributed by atoms with E-state index in [2.05, 4.69) is 0 Å². The van der Waals surface area contributed by atoms with Crippen molar-refractivity contribution >= 4 is 5.97 Å². The minimum Gasteiger partial charge on any atom is -0.437 e. The Labute approximate surface area is 191 Å². The second-order valence-corrected chi connectivity index (χ2v) is 8.54. The Balaban J connectivity index is 1.85. The molecule has 2 aliphatic heterocycles. The standard InChI is InChI=1S/C24H21F6NO3/c1-31-19-9-4-11-21(31,12-10-19)34-20(32)22(33,15-5-2-7-17(13-15)23(25,26)27)16-6-3-8-18(14-16)24(28,29)30/h2-8,11,13-14,19,33H,9-10,12H2,1H3/t19-,21-/m1/s1. The highest BCUT2D eigenvalue weighted by molar-refractivity contribution is 5.86. The largest absolute Gasteiger partial charge is 0.437 e. The van der Waals surface area contributed by atoms with E-state index in [1.54, 1.807) is 24.1 Å². The number of fused-ring (bicyclic) bond motifs is 2. The molecule has 0 aromatic heterocycles. The van der Waals surface area contributed by atoms with E-state index in [0.29, 0.717) is 31.4 Å². The van der Waals surface area contributed by atoms with Gasteiger partial charge in [0.15, 0.2) is 5.72 Å². The third kappa shape index (κ3) is 4.09. The van der Waals surface area contributed by atoms with E-state index in [1.165, 1.54) is 0 Å². The van der Waals surface area contributed by atoms with Crippen molar-refractivity contribution in [1.29, 1.82) is 0 Å². The predicted molar refractivity (Wildman–Crippen MR) is 109 cm³/mol. The number of aliphatic hydroxyl groups is 1. The highest BCUT2D eigenvalue weighted by atomic mass is 19.4. The fraction of sp³-hybridized carbons (Fsp3) is 0.375. The molecule has 34 heavy (non-hydrogen) atoms. The van der Waals surface area contributed by atoms with Crippen LogP contribution in [0.15, 0.2) is 60.7 Å². The summed E-state index contributed by atoms with van der Waals surface area (Å²) in [6.07, 6.45) is -4.43. The molecule has 1 saturated heterocycles. The van der Waals surface area contributed by atoms with Crippen molar-refractivity contribution in [2.45, 2.75) is 49.0 Å². The summed E-state index contributed by atoms with van der Waals surface area (Å²) < 4.78 is 85.9. The number of alkyl halides is 6. The lowest BCUT2D eigenvalue weighted by Crippen LogP contribution is -2.52. The van der Waals surface area contributed by atoms with Gasteiger partial charge in [0, 0.05) is 23.6 Å². The van der Waals surface area contributed by atoms with Gasteiger partial charge in [-0.2, -0.15) is 26.3 Å². The lowest BCUT2D eigenvalue weighted by molar-refractivity contribution is -0.188. The van der Waals surface area contributed by atoms with Crippen molar-refractivity contribution < 1.29 is 41.0 Å². The average molecular weight is 485 g/mol. The molecule has 1 N–H and O–H groups in total. The van der Waals surface area contributed by atoms with E-state index in [0.717, 1.165) is 36.4 Å². The molecule has 0 unspecified atom stereocenters. The first-order chi connectivity index (χ1) is 15.8. The fourth-order valence-electron chi connectivity index (χ4n) is 4.57. The zero-order valence-electron chi connectivity index (χ0n) is 18.0. The van der Waals surface area contributed by atoms with E-state index in [9.17, 15) is 36.2 Å². The number of carbonyl (C=O) groups is 1. The second-order valence-electron chi connectivity index (χ2n) is 8.54. The summed E-state index contributed by atoms with van der Waals surface area (Å²) >= 11 is 0. The van der Waals surface area contributed by atoms with Crippen LogP contribution in [0, 0.1) is 0 Å². The second kappa shape index (κ2) is 8.13. The Hall–Kier alpha value is -2.85. The maximum absolute atomic E-state index is 13.5. The number of esters is 1. The molecule has 2 aromatic rings. The third-order valence-electron chi connectivity index (χ3n) is 6.55. The number of hydrogen-bond acceptors (Lipinski definition) is 4. The van der Waals surface area contributed by atoms with Gasteiger partial charge in [-0.1, -0.05) is 30.3 Å². The summed E-state index contributed by atoms with van der Waals surface area (Å²) in [6, 6.07) is 6.65. The van der Waals surface area contributed by atoms with Crippen molar-refractivity contribution in [3.8, 4) is 0 Å². The SMILES string of the molecule is CN1[C@@H]2CC=C[C@@]1(OC(=O)C(O)(c1cccc(C(F)(F)F)c1)c1cccc(C(F)(F)F)c1)CC2. The molecular formula is C24H21F6NO3. The van der Waals surface area contributed by atoms with Gasteiger partial charge in [-0.15, -0.1) is 0 Å². The van der Waals surface area contributed by atoms with Crippen molar-refractivity contribution in [3.63, 3.8) is 0 Å². The van der Waals surface area contributed by atoms with Crippen LogP contribution in [-0.2, 0) is 27.5 Å². The molecule has 4 rings (SSSR count). The Morgan fingerprint density at radius 2 is 1.47 bits per heavy atom. The molecule has 0 radical (unpaired) electrons. The van der Waals surface area contributed by atoms with Gasteiger partial charge in [0.05, 0.1) is 11.1 Å². The topological polar surface area (TPSA) is 49.8 Å². The zero-order valence-corrected chi connectivity index (χ0v) is 18.0. The van der Waals surface area contributed by atoms with E-state index in [-0.39, 0.29) is 6.04 Å². The molecule has 2 aliphatic rings. The van der Waals surface area contributed by atoms with Gasteiger partial charge < -0.3 is 9.84 Å². The van der Waals surface area contributed by atoms with E-state index < -0.39 is 51.9 Å². The van der Waals surface area contributed by atoms with Gasteiger partial charge in [0.1, 0.15) is 0 Å². The first-order valence-electron chi connectivity index (χ1n) is 10.5. The summed E-state index contributed by atoms with van der Waals surface area (Å²) in [5.41, 5.74) is -7.63. The Kier molecular flexibility index (Phi) is 5.80. The predicted octanol–water partition coefficient (Wildman–Crippen LogP) is 5.25. The van der Waals surface area contributed by atoms with Gasteiger partial charge in [-0.3, -0.25) is 4.90 Å². The molecule has 2 atom stereocenters. The van der Waals surface area contributed by atoms with E-state index >= 15 is 0 Å². The minimum atomic E-state index is -4.81. The third-order valence-corrected chi connectivity index (χ3v) is 6.55. The van der Waals surface area contributed by atoms with Crippen LogP contribution in [-0.4, -0.2) is 34.8 Å². The van der Waals surface area contributed by atoms with Crippen LogP contribution in [0.1, 0.15) is 41.5 Å². The highest BCUT2D eigenvalue weighted by Crippen LogP contribution is 2.43. The van der Waals surface area contributed by atoms with Gasteiger partial charge in [0.25, 0.3) is 0 Å². The number of likely N-dealkylation sites (N-methyl/N-ethyl adjacent to an activating group) is 1. The molecule has 1 fully saturated rings. The van der Waals surface area contributed by atoms with Crippen molar-refractivity contribution in [1.82, 2.24) is 4.90 Å². The quantitative estimate of drug-likeness (QED) is 0.365. The van der Waals surface area contributed by atoms with Gasteiger partial charge >= 0.3 is 18.3 Å². The number of carbonyl (C=O) groups excluding carboxylic acids is 1. The first kappa shape index (κ1) is 24.3. The minimum absolute atomic E-state index is 0.0630. The van der Waals surface area contributed by atoms with Crippen LogP contribution in [0.5, 0.6) is 0 Å². The van der Waals surface area contributed by atoms with Crippen molar-refractivity contribution in [2.75, 3.05) is 7.05 Å². The van der Waals surface area contributed by atoms with Crippen LogP contribution in [0.4, 0.5) is 26.3 Å². The average Bonchev–Trinajstić information content (AvgIpc) is 2.94. The smallest absolute Gasteiger partial charge is 0.416 e. The molecule has 0 aliphatic carbocycles. The number of benzene rings is 2. The molecule has 2 bridgehead atoms. The number of hydrogen-bond donors (Lipinski definition) is 1. The summed E-state index contributed by atoms with van der Waals surface area (Å²) in [6.45, 7) is 0. The molecule has 0 amide bonds. The molecule has 2 heterocycles. The van der Waals surface area contributed by atoms with Crippen molar-refractivity contribution in [2.24, 2.45) is 0 Å². The number of halogens is 6. The van der Waals surface area contributed by atoms with Crippen LogP contribution in [0.3, 0.4) is 0 Å². The highest BCUT2D eigenvalue weighted by Gasteiger charge is 2.52. The first-order valence-corrected chi connectivity index (χ1v) is 10.5. The zero-order chi connectivity index (χ0) is 24.9. The fourth-order valence-corrected chi connectivity index (χ4v) is 4.57. The van der Waals surface area contributed by atoms with Crippen LogP contribution >= 0.6 is 0 Å². The number of ether oxygens (including phenoxy) is 1. The normalized spacial score (nSPS) is 23.2. The summed E-state index contributed by atoms with van der Waals surface area (Å²) in [5, 5.41) is 11.6. The van der Waals surface area contributed by atoms with Gasteiger partial charge in [-0.05, 0) is 50.2 Å². The Morgan fingerprint density at radius 1 is 0.971 bits per heavy atom. The van der Waals surface area contributed by atoms with Gasteiger partial charge in [0.2, 0.25) is 5.60 Å². The number of rotatable bonds is 4. The summed E-state index contributed by atoms with van der Waals surface area (Å²) in [4.78, 5) is 15.3. The van der Waals surface area contributed by atoms with E-state index in [1.807, 2.05) is 0 Å². The molecule has 0 spiro atoms. The number of nitrogens with zero attached hydrogens (tertiary/aromatic N) is 1.